The van der Waals surface area contributed by atoms with Gasteiger partial charge < -0.3 is 24.4 Å². The zero-order valence-corrected chi connectivity index (χ0v) is 10.3. The molecule has 0 radical (unpaired) electrons. The molecule has 17 heavy (non-hydrogen) atoms. The number of hydrogen-bond acceptors (Lipinski definition) is 5. The summed E-state index contributed by atoms with van der Waals surface area (Å²) < 4.78 is 14.1. The van der Waals surface area contributed by atoms with Gasteiger partial charge in [-0.15, -0.1) is 0 Å². The van der Waals surface area contributed by atoms with Crippen molar-refractivity contribution in [3.63, 3.8) is 0 Å². The van der Waals surface area contributed by atoms with E-state index in [1.807, 2.05) is 0 Å². The van der Waals surface area contributed by atoms with Crippen molar-refractivity contribution >= 4 is 16.9 Å². The molecule has 0 aromatic rings. The summed E-state index contributed by atoms with van der Waals surface area (Å²) in [6.07, 6.45) is -0.512. The maximum atomic E-state index is 9.60. The van der Waals surface area contributed by atoms with Crippen molar-refractivity contribution < 1.29 is 29.2 Å². The number of carbonyl (C=O) groups is 1. The van der Waals surface area contributed by atoms with Gasteiger partial charge in [0.15, 0.2) is 0 Å². The lowest BCUT2D eigenvalue weighted by Crippen LogP contribution is -2.45. The van der Waals surface area contributed by atoms with E-state index in [1.54, 1.807) is 6.92 Å². The molecule has 0 amide bonds. The third-order valence-corrected chi connectivity index (χ3v) is 1.82. The minimum Gasteiger partial charge on any atom is -0.478 e. The molecule has 0 aliphatic heterocycles. The van der Waals surface area contributed by atoms with Crippen molar-refractivity contribution in [1.82, 2.24) is 0 Å². The molecule has 0 aromatic carbocycles. The number of carboxylic acids is 1. The predicted molar refractivity (Wildman–Crippen MR) is 69.2 cm³/mol. The lowest BCUT2D eigenvalue weighted by molar-refractivity contribution is -0.377. The number of aliphatic hydroxyl groups is 1. The minimum absolute atomic E-state index is 0. The van der Waals surface area contributed by atoms with Gasteiger partial charge in [0.25, 0.3) is 0 Å². The van der Waals surface area contributed by atoms with Crippen LogP contribution in [-0.4, -0.2) is 60.6 Å². The van der Waals surface area contributed by atoms with Gasteiger partial charge in [0.05, 0.1) is 0 Å². The number of ether oxygens (including phenoxy) is 3. The summed E-state index contributed by atoms with van der Waals surface area (Å²) >= 11 is 0. The first-order valence-corrected chi connectivity index (χ1v) is 4.49. The molecular weight excluding hydrogens is 244 g/mol. The molecule has 0 fully saturated rings. The summed E-state index contributed by atoms with van der Waals surface area (Å²) in [4.78, 5) is 9.60. The van der Waals surface area contributed by atoms with Crippen molar-refractivity contribution in [3.8, 4) is 0 Å². The van der Waals surface area contributed by atoms with Crippen LogP contribution in [0.1, 0.15) is 13.8 Å². The SMILES string of the molecule is C=C(C)C(=O)O.COC(C)C(O)(OC)OC.[SiH4]. The summed E-state index contributed by atoms with van der Waals surface area (Å²) in [5.41, 5.74) is 0.176. The van der Waals surface area contributed by atoms with E-state index in [9.17, 15) is 9.90 Å². The molecule has 104 valence electrons. The van der Waals surface area contributed by atoms with Crippen LogP contribution >= 0.6 is 0 Å². The molecule has 0 bridgehead atoms. The molecule has 7 heteroatoms. The molecule has 1 atom stereocenters. The highest BCUT2D eigenvalue weighted by molar-refractivity contribution is 5.84. The molecule has 0 aliphatic carbocycles. The standard InChI is InChI=1S/C6H14O4.C4H6O2.H4Si/c1-5(8-2)6(7,9-3)10-4;1-3(2)4(5)6;/h5,7H,1-4H3;1H2,2H3,(H,5,6);1H4. The molecule has 0 saturated carbocycles. The Balaban J connectivity index is -0.000000244. The van der Waals surface area contributed by atoms with Gasteiger partial charge in [0, 0.05) is 26.9 Å². The van der Waals surface area contributed by atoms with Gasteiger partial charge in [0.2, 0.25) is 0 Å². The average Bonchev–Trinajstić information content (AvgIpc) is 2.27. The number of methoxy groups -OCH3 is 3. The fourth-order valence-corrected chi connectivity index (χ4v) is 0.564. The number of aliphatic carboxylic acids is 1. The van der Waals surface area contributed by atoms with E-state index < -0.39 is 18.0 Å². The van der Waals surface area contributed by atoms with Crippen molar-refractivity contribution in [2.24, 2.45) is 0 Å². The Morgan fingerprint density at radius 2 is 1.59 bits per heavy atom. The molecule has 1 unspecified atom stereocenters. The van der Waals surface area contributed by atoms with E-state index in [4.69, 9.17) is 9.84 Å². The van der Waals surface area contributed by atoms with Crippen LogP contribution in [0.4, 0.5) is 0 Å². The van der Waals surface area contributed by atoms with Gasteiger partial charge in [-0.2, -0.15) is 0 Å². The predicted octanol–water partition coefficient (Wildman–Crippen LogP) is -0.844. The molecule has 0 aliphatic rings. The van der Waals surface area contributed by atoms with Crippen LogP contribution in [0.25, 0.3) is 0 Å². The van der Waals surface area contributed by atoms with Crippen LogP contribution in [0.5, 0.6) is 0 Å². The van der Waals surface area contributed by atoms with E-state index >= 15 is 0 Å². The first kappa shape index (κ1) is 21.5. The van der Waals surface area contributed by atoms with Gasteiger partial charge in [-0.1, -0.05) is 6.58 Å². The second-order valence-corrected chi connectivity index (χ2v) is 3.00. The van der Waals surface area contributed by atoms with E-state index in [0.29, 0.717) is 0 Å². The fraction of sp³-hybridized carbons (Fsp3) is 0.700. The molecular formula is C10H24O6Si. The Bertz CT molecular complexity index is 215. The summed E-state index contributed by atoms with van der Waals surface area (Å²) in [6, 6.07) is 0. The molecule has 2 N–H and O–H groups in total. The Kier molecular flexibility index (Phi) is 13.2. The number of hydrogen-bond donors (Lipinski definition) is 2. The monoisotopic (exact) mass is 268 g/mol. The highest BCUT2D eigenvalue weighted by Crippen LogP contribution is 2.13. The molecule has 0 rings (SSSR count). The zero-order chi connectivity index (χ0) is 13.4. The maximum absolute atomic E-state index is 9.60. The maximum Gasteiger partial charge on any atom is 0.330 e. The van der Waals surface area contributed by atoms with Crippen LogP contribution in [-0.2, 0) is 19.0 Å². The Hall–Kier alpha value is -0.733. The van der Waals surface area contributed by atoms with Crippen LogP contribution < -0.4 is 0 Å². The van der Waals surface area contributed by atoms with Crippen LogP contribution in [0.2, 0.25) is 0 Å². The van der Waals surface area contributed by atoms with Crippen molar-refractivity contribution in [3.05, 3.63) is 12.2 Å². The largest absolute Gasteiger partial charge is 0.478 e. The van der Waals surface area contributed by atoms with E-state index in [1.165, 1.54) is 28.3 Å². The van der Waals surface area contributed by atoms with E-state index in [0.717, 1.165) is 0 Å². The molecule has 0 saturated heterocycles. The highest BCUT2D eigenvalue weighted by atomic mass is 28.1. The molecule has 6 nitrogen and oxygen atoms in total. The van der Waals surface area contributed by atoms with Gasteiger partial charge in [-0.3, -0.25) is 0 Å². The Morgan fingerprint density at radius 1 is 1.29 bits per heavy atom. The molecule has 0 heterocycles. The van der Waals surface area contributed by atoms with Crippen LogP contribution in [0, 0.1) is 0 Å². The third-order valence-electron chi connectivity index (χ3n) is 1.82. The van der Waals surface area contributed by atoms with Gasteiger partial charge >= 0.3 is 11.9 Å². The minimum atomic E-state index is -1.63. The average molecular weight is 268 g/mol. The second kappa shape index (κ2) is 10.4. The van der Waals surface area contributed by atoms with Gasteiger partial charge in [0.1, 0.15) is 6.10 Å². The Labute approximate surface area is 106 Å². The third kappa shape index (κ3) is 9.01. The number of carboxylic acid groups (broad SMARTS) is 1. The normalized spacial score (nSPS) is 11.6. The van der Waals surface area contributed by atoms with Gasteiger partial charge in [-0.25, -0.2) is 4.79 Å². The van der Waals surface area contributed by atoms with Crippen molar-refractivity contribution in [2.45, 2.75) is 25.9 Å². The molecule has 0 aromatic heterocycles. The Morgan fingerprint density at radius 3 is 1.65 bits per heavy atom. The summed E-state index contributed by atoms with van der Waals surface area (Å²) in [7, 11) is 4.16. The summed E-state index contributed by atoms with van der Waals surface area (Å²) in [5, 5.41) is 17.2. The first-order valence-electron chi connectivity index (χ1n) is 4.49. The van der Waals surface area contributed by atoms with Crippen LogP contribution in [0.15, 0.2) is 12.2 Å². The lowest BCUT2D eigenvalue weighted by atomic mass is 10.3. The van der Waals surface area contributed by atoms with E-state index in [-0.39, 0.29) is 16.5 Å². The summed E-state index contributed by atoms with van der Waals surface area (Å²) in [6.45, 7) is 6.25. The smallest absolute Gasteiger partial charge is 0.330 e. The van der Waals surface area contributed by atoms with E-state index in [2.05, 4.69) is 16.1 Å². The first-order chi connectivity index (χ1) is 7.25. The van der Waals surface area contributed by atoms with Crippen molar-refractivity contribution in [2.75, 3.05) is 21.3 Å². The lowest BCUT2D eigenvalue weighted by Gasteiger charge is -2.28. The van der Waals surface area contributed by atoms with Crippen molar-refractivity contribution in [1.29, 1.82) is 0 Å². The topological polar surface area (TPSA) is 85.2 Å². The summed E-state index contributed by atoms with van der Waals surface area (Å²) in [5.74, 6) is -2.57. The second-order valence-electron chi connectivity index (χ2n) is 3.00. The quantitative estimate of drug-likeness (QED) is 0.384. The number of rotatable bonds is 5. The highest BCUT2D eigenvalue weighted by Gasteiger charge is 2.34. The fourth-order valence-electron chi connectivity index (χ4n) is 0.564. The van der Waals surface area contributed by atoms with Gasteiger partial charge in [-0.05, 0) is 24.8 Å². The van der Waals surface area contributed by atoms with Crippen LogP contribution in [0.3, 0.4) is 0 Å². The zero-order valence-electron chi connectivity index (χ0n) is 10.3. The molecule has 0 spiro atoms.